The molecular weight excluding hydrogens is 280 g/mol. The quantitative estimate of drug-likeness (QED) is 0.648. The monoisotopic (exact) mass is 308 g/mol. The highest BCUT2D eigenvalue weighted by Gasteiger charge is 2.21. The van der Waals surface area contributed by atoms with E-state index >= 15 is 0 Å². The Balaban J connectivity index is 1.78. The summed E-state index contributed by atoms with van der Waals surface area (Å²) in [6.07, 6.45) is 1.19. The van der Waals surface area contributed by atoms with Crippen molar-refractivity contribution >= 4 is 17.3 Å². The zero-order valence-corrected chi connectivity index (χ0v) is 14.5. The van der Waals surface area contributed by atoms with E-state index in [1.807, 2.05) is 18.4 Å². The van der Waals surface area contributed by atoms with E-state index < -0.39 is 0 Å². The number of guanidine groups is 1. The summed E-state index contributed by atoms with van der Waals surface area (Å²) >= 11 is 1.90. The smallest absolute Gasteiger partial charge is 0.191 e. The molecule has 1 aromatic heterocycles. The third-order valence-electron chi connectivity index (χ3n) is 3.93. The first kappa shape index (κ1) is 16.3. The van der Waals surface area contributed by atoms with Gasteiger partial charge >= 0.3 is 0 Å². The molecule has 118 valence electrons. The van der Waals surface area contributed by atoms with Crippen molar-refractivity contribution in [2.75, 3.05) is 26.7 Å². The molecule has 4 nitrogen and oxygen atoms in total. The van der Waals surface area contributed by atoms with Gasteiger partial charge in [0.25, 0.3) is 0 Å². The summed E-state index contributed by atoms with van der Waals surface area (Å²) in [5, 5.41) is 9.02. The van der Waals surface area contributed by atoms with Crippen molar-refractivity contribution < 1.29 is 0 Å². The van der Waals surface area contributed by atoms with Gasteiger partial charge in [0, 0.05) is 44.1 Å². The minimum atomic E-state index is 0.510. The highest BCUT2D eigenvalue weighted by atomic mass is 32.1. The van der Waals surface area contributed by atoms with Gasteiger partial charge in [-0.05, 0) is 36.3 Å². The summed E-state index contributed by atoms with van der Waals surface area (Å²) in [4.78, 5) is 8.41. The van der Waals surface area contributed by atoms with E-state index in [-0.39, 0.29) is 0 Å². The standard InChI is InChI=1S/C16H28N4S/c1-12(2)9-18-16(17-4)19-10-13(3)20-7-5-15-14(11-20)6-8-21-15/h6,8,12-13H,5,7,9-11H2,1-4H3,(H2,17,18,19). The van der Waals surface area contributed by atoms with Crippen LogP contribution in [0.25, 0.3) is 0 Å². The summed E-state index contributed by atoms with van der Waals surface area (Å²) in [6.45, 7) is 10.8. The molecule has 0 amide bonds. The number of hydrogen-bond acceptors (Lipinski definition) is 3. The fraction of sp³-hybridized carbons (Fsp3) is 0.688. The highest BCUT2D eigenvalue weighted by molar-refractivity contribution is 7.10. The van der Waals surface area contributed by atoms with Crippen LogP contribution in [0.15, 0.2) is 16.4 Å². The highest BCUT2D eigenvalue weighted by Crippen LogP contribution is 2.24. The zero-order valence-electron chi connectivity index (χ0n) is 13.6. The van der Waals surface area contributed by atoms with Crippen LogP contribution in [0.1, 0.15) is 31.2 Å². The second-order valence-electron chi connectivity index (χ2n) is 6.17. The Bertz CT molecular complexity index is 467. The molecule has 1 atom stereocenters. The third-order valence-corrected chi connectivity index (χ3v) is 4.95. The topological polar surface area (TPSA) is 39.7 Å². The average Bonchev–Trinajstić information content (AvgIpc) is 2.94. The molecule has 2 N–H and O–H groups in total. The van der Waals surface area contributed by atoms with Crippen molar-refractivity contribution in [3.63, 3.8) is 0 Å². The largest absolute Gasteiger partial charge is 0.356 e. The van der Waals surface area contributed by atoms with Gasteiger partial charge < -0.3 is 10.6 Å². The van der Waals surface area contributed by atoms with Crippen LogP contribution in [-0.2, 0) is 13.0 Å². The number of rotatable bonds is 5. The van der Waals surface area contributed by atoms with Gasteiger partial charge in [-0.3, -0.25) is 9.89 Å². The van der Waals surface area contributed by atoms with Crippen molar-refractivity contribution in [2.45, 2.75) is 39.8 Å². The number of thiophene rings is 1. The summed E-state index contributed by atoms with van der Waals surface area (Å²) < 4.78 is 0. The van der Waals surface area contributed by atoms with Crippen LogP contribution < -0.4 is 10.6 Å². The van der Waals surface area contributed by atoms with Crippen molar-refractivity contribution in [1.82, 2.24) is 15.5 Å². The Morgan fingerprint density at radius 3 is 2.81 bits per heavy atom. The van der Waals surface area contributed by atoms with Gasteiger partial charge in [0.15, 0.2) is 5.96 Å². The van der Waals surface area contributed by atoms with Crippen LogP contribution in [-0.4, -0.2) is 43.6 Å². The molecule has 1 aliphatic rings. The molecule has 0 fully saturated rings. The van der Waals surface area contributed by atoms with E-state index in [9.17, 15) is 0 Å². The minimum Gasteiger partial charge on any atom is -0.356 e. The first-order valence-electron chi connectivity index (χ1n) is 7.84. The van der Waals surface area contributed by atoms with Crippen LogP contribution in [0.5, 0.6) is 0 Å². The summed E-state index contributed by atoms with van der Waals surface area (Å²) in [5.74, 6) is 1.53. The molecule has 0 saturated heterocycles. The lowest BCUT2D eigenvalue weighted by Crippen LogP contribution is -2.47. The Labute approximate surface area is 132 Å². The first-order valence-corrected chi connectivity index (χ1v) is 8.72. The van der Waals surface area contributed by atoms with E-state index in [0.29, 0.717) is 12.0 Å². The Morgan fingerprint density at radius 1 is 1.33 bits per heavy atom. The molecule has 1 aromatic rings. The second-order valence-corrected chi connectivity index (χ2v) is 7.17. The maximum atomic E-state index is 4.28. The van der Waals surface area contributed by atoms with Gasteiger partial charge in [-0.2, -0.15) is 0 Å². The van der Waals surface area contributed by atoms with E-state index in [1.165, 1.54) is 12.0 Å². The molecular formula is C16H28N4S. The van der Waals surface area contributed by atoms with E-state index in [2.05, 4.69) is 52.7 Å². The van der Waals surface area contributed by atoms with Crippen molar-refractivity contribution in [3.05, 3.63) is 21.9 Å². The fourth-order valence-electron chi connectivity index (χ4n) is 2.54. The number of nitrogens with zero attached hydrogens (tertiary/aromatic N) is 2. The number of fused-ring (bicyclic) bond motifs is 1. The SMILES string of the molecule is CN=C(NCC(C)C)NCC(C)N1CCc2sccc2C1. The van der Waals surface area contributed by atoms with E-state index in [0.717, 1.165) is 32.1 Å². The first-order chi connectivity index (χ1) is 10.1. The van der Waals surface area contributed by atoms with Crippen LogP contribution in [0, 0.1) is 5.92 Å². The summed E-state index contributed by atoms with van der Waals surface area (Å²) in [5.41, 5.74) is 1.51. The van der Waals surface area contributed by atoms with Gasteiger partial charge in [-0.1, -0.05) is 13.8 Å². The van der Waals surface area contributed by atoms with E-state index in [4.69, 9.17) is 0 Å². The number of nitrogens with one attached hydrogen (secondary N) is 2. The van der Waals surface area contributed by atoms with Gasteiger partial charge in [-0.25, -0.2) is 0 Å². The Morgan fingerprint density at radius 2 is 2.10 bits per heavy atom. The lowest BCUT2D eigenvalue weighted by molar-refractivity contribution is 0.192. The fourth-order valence-corrected chi connectivity index (χ4v) is 3.43. The lowest BCUT2D eigenvalue weighted by Gasteiger charge is -2.32. The predicted octanol–water partition coefficient (Wildman–Crippen LogP) is 2.32. The van der Waals surface area contributed by atoms with Crippen molar-refractivity contribution in [2.24, 2.45) is 10.9 Å². The molecule has 5 heteroatoms. The molecule has 0 saturated carbocycles. The van der Waals surface area contributed by atoms with Gasteiger partial charge in [0.05, 0.1) is 0 Å². The summed E-state index contributed by atoms with van der Waals surface area (Å²) in [7, 11) is 1.83. The Hall–Kier alpha value is -1.07. The van der Waals surface area contributed by atoms with Crippen LogP contribution in [0.3, 0.4) is 0 Å². The molecule has 0 radical (unpaired) electrons. The summed E-state index contributed by atoms with van der Waals surface area (Å²) in [6, 6.07) is 2.78. The van der Waals surface area contributed by atoms with Gasteiger partial charge in [0.1, 0.15) is 0 Å². The molecule has 1 unspecified atom stereocenters. The molecule has 0 aromatic carbocycles. The molecule has 2 heterocycles. The number of aliphatic imine (C=N–C) groups is 1. The molecule has 0 bridgehead atoms. The second kappa shape index (κ2) is 7.80. The van der Waals surface area contributed by atoms with Crippen LogP contribution >= 0.6 is 11.3 Å². The molecule has 0 aliphatic carbocycles. The zero-order chi connectivity index (χ0) is 15.2. The normalized spacial score (nSPS) is 17.7. The van der Waals surface area contributed by atoms with E-state index in [1.54, 1.807) is 4.88 Å². The van der Waals surface area contributed by atoms with Crippen LogP contribution in [0.2, 0.25) is 0 Å². The van der Waals surface area contributed by atoms with Crippen molar-refractivity contribution in [1.29, 1.82) is 0 Å². The molecule has 1 aliphatic heterocycles. The predicted molar refractivity (Wildman–Crippen MR) is 92.1 cm³/mol. The maximum absolute atomic E-state index is 4.28. The van der Waals surface area contributed by atoms with Crippen molar-refractivity contribution in [3.8, 4) is 0 Å². The molecule has 2 rings (SSSR count). The van der Waals surface area contributed by atoms with Gasteiger partial charge in [0.2, 0.25) is 0 Å². The molecule has 0 spiro atoms. The minimum absolute atomic E-state index is 0.510. The maximum Gasteiger partial charge on any atom is 0.191 e. The average molecular weight is 308 g/mol. The molecule has 21 heavy (non-hydrogen) atoms. The van der Waals surface area contributed by atoms with Gasteiger partial charge in [-0.15, -0.1) is 11.3 Å². The third kappa shape index (κ3) is 4.71. The number of hydrogen-bond donors (Lipinski definition) is 2. The lowest BCUT2D eigenvalue weighted by atomic mass is 10.1. The van der Waals surface area contributed by atoms with Crippen LogP contribution in [0.4, 0.5) is 0 Å². The Kier molecular flexibility index (Phi) is 6.06.